The molecule has 0 aliphatic carbocycles. The topological polar surface area (TPSA) is 215 Å². The van der Waals surface area contributed by atoms with Crippen LogP contribution in [0, 0.1) is 13.0 Å². The van der Waals surface area contributed by atoms with Crippen LogP contribution in [0.4, 0.5) is 27.7 Å². The SMILES string of the molecule is Cc1cc(Nc2nc(F)nc(Nc3cccc(S(=O)(=O)CCOS(=O)(=O)O)c3)n2)ccc1S(=O)(=O)O. The molecular formula is C18H18FN5O9S3. The summed E-state index contributed by atoms with van der Waals surface area (Å²) in [5.41, 5.74) is 0.615. The van der Waals surface area contributed by atoms with Crippen LogP contribution in [-0.2, 0) is 34.5 Å². The molecule has 1 heterocycles. The average molecular weight is 564 g/mol. The van der Waals surface area contributed by atoms with Crippen LogP contribution < -0.4 is 10.6 Å². The predicted molar refractivity (Wildman–Crippen MR) is 123 cm³/mol. The zero-order valence-electron chi connectivity index (χ0n) is 18.2. The number of sulfone groups is 1. The Bertz CT molecular complexity index is 1610. The Kier molecular flexibility index (Phi) is 7.86. The molecule has 2 aromatic carbocycles. The molecule has 0 atom stereocenters. The number of anilines is 4. The summed E-state index contributed by atoms with van der Waals surface area (Å²) in [7, 11) is -13.2. The van der Waals surface area contributed by atoms with Crippen molar-refractivity contribution in [3.63, 3.8) is 0 Å². The van der Waals surface area contributed by atoms with Crippen LogP contribution in [0.15, 0.2) is 52.3 Å². The molecule has 0 unspecified atom stereocenters. The van der Waals surface area contributed by atoms with Crippen LogP contribution in [0.1, 0.15) is 5.56 Å². The van der Waals surface area contributed by atoms with Crippen molar-refractivity contribution in [2.24, 2.45) is 0 Å². The standard InChI is InChI=1S/C18H18FN5O9S3/c1-11-9-13(5-6-15(11)35(27,28)29)21-18-23-16(19)22-17(24-18)20-12-3-2-4-14(10-12)34(25,26)8-7-33-36(30,31)32/h2-6,9-10H,7-8H2,1H3,(H,27,28,29)(H,30,31,32)(H2,20,21,22,23,24). The molecule has 194 valence electrons. The number of hydrogen-bond acceptors (Lipinski definition) is 12. The zero-order valence-corrected chi connectivity index (χ0v) is 20.6. The van der Waals surface area contributed by atoms with Gasteiger partial charge in [0, 0.05) is 11.4 Å². The Labute approximate surface area is 205 Å². The van der Waals surface area contributed by atoms with Crippen LogP contribution >= 0.6 is 0 Å². The number of hydrogen-bond donors (Lipinski definition) is 4. The first-order chi connectivity index (χ1) is 16.6. The van der Waals surface area contributed by atoms with Gasteiger partial charge in [-0.1, -0.05) is 6.07 Å². The molecule has 4 N–H and O–H groups in total. The third-order valence-corrected chi connectivity index (χ3v) is 7.51. The van der Waals surface area contributed by atoms with Gasteiger partial charge in [-0.15, -0.1) is 0 Å². The molecule has 0 amide bonds. The molecule has 0 radical (unpaired) electrons. The van der Waals surface area contributed by atoms with E-state index in [2.05, 4.69) is 29.8 Å². The number of benzene rings is 2. The summed E-state index contributed by atoms with van der Waals surface area (Å²) in [6.07, 6.45) is -1.19. The van der Waals surface area contributed by atoms with Crippen LogP contribution in [0.25, 0.3) is 0 Å². The van der Waals surface area contributed by atoms with Crippen molar-refractivity contribution in [1.29, 1.82) is 0 Å². The average Bonchev–Trinajstić information content (AvgIpc) is 2.71. The van der Waals surface area contributed by atoms with Crippen LogP contribution in [0.3, 0.4) is 0 Å². The highest BCUT2D eigenvalue weighted by Crippen LogP contribution is 2.23. The second-order valence-corrected chi connectivity index (χ2v) is 11.6. The first-order valence-electron chi connectivity index (χ1n) is 9.61. The highest BCUT2D eigenvalue weighted by Gasteiger charge is 2.18. The van der Waals surface area contributed by atoms with Crippen molar-refractivity contribution >= 4 is 53.6 Å². The van der Waals surface area contributed by atoms with Crippen LogP contribution in [-0.4, -0.2) is 61.7 Å². The molecule has 0 aliphatic heterocycles. The van der Waals surface area contributed by atoms with Crippen molar-refractivity contribution in [2.75, 3.05) is 23.0 Å². The Hall–Kier alpha value is -3.29. The first kappa shape index (κ1) is 27.3. The lowest BCUT2D eigenvalue weighted by molar-refractivity contribution is 0.284. The van der Waals surface area contributed by atoms with Gasteiger partial charge in [0.1, 0.15) is 0 Å². The van der Waals surface area contributed by atoms with E-state index in [1.165, 1.54) is 37.3 Å². The predicted octanol–water partition coefficient (Wildman–Crippen LogP) is 1.65. The van der Waals surface area contributed by atoms with E-state index in [0.29, 0.717) is 0 Å². The first-order valence-corrected chi connectivity index (χ1v) is 14.1. The molecule has 1 aromatic heterocycles. The quantitative estimate of drug-likeness (QED) is 0.258. The van der Waals surface area contributed by atoms with Gasteiger partial charge in [-0.25, -0.2) is 12.6 Å². The summed E-state index contributed by atoms with van der Waals surface area (Å²) < 4.78 is 104. The number of halogens is 1. The number of rotatable bonds is 10. The Morgan fingerprint density at radius 3 is 2.06 bits per heavy atom. The summed E-state index contributed by atoms with van der Waals surface area (Å²) in [5.74, 6) is -1.32. The van der Waals surface area contributed by atoms with E-state index in [1.807, 2.05) is 0 Å². The van der Waals surface area contributed by atoms with E-state index in [9.17, 15) is 34.2 Å². The number of nitrogens with one attached hydrogen (secondary N) is 2. The van der Waals surface area contributed by atoms with Gasteiger partial charge in [0.05, 0.1) is 22.2 Å². The largest absolute Gasteiger partial charge is 0.397 e. The summed E-state index contributed by atoms with van der Waals surface area (Å²) in [6.45, 7) is 0.627. The van der Waals surface area contributed by atoms with Gasteiger partial charge in [-0.05, 0) is 48.9 Å². The van der Waals surface area contributed by atoms with Gasteiger partial charge in [-0.3, -0.25) is 9.11 Å². The van der Waals surface area contributed by atoms with E-state index in [4.69, 9.17) is 4.55 Å². The molecule has 14 nitrogen and oxygen atoms in total. The minimum absolute atomic E-state index is 0.136. The van der Waals surface area contributed by atoms with E-state index in [-0.39, 0.29) is 38.6 Å². The smallest absolute Gasteiger partial charge is 0.324 e. The maximum Gasteiger partial charge on any atom is 0.397 e. The Morgan fingerprint density at radius 2 is 1.50 bits per heavy atom. The fraction of sp³-hybridized carbons (Fsp3) is 0.167. The molecule has 0 saturated heterocycles. The normalized spacial score (nSPS) is 12.3. The Balaban J connectivity index is 1.79. The van der Waals surface area contributed by atoms with Gasteiger partial charge < -0.3 is 10.6 Å². The molecule has 3 rings (SSSR count). The molecule has 3 aromatic rings. The molecule has 0 spiro atoms. The van der Waals surface area contributed by atoms with E-state index >= 15 is 0 Å². The molecule has 0 fully saturated rings. The minimum atomic E-state index is -4.80. The summed E-state index contributed by atoms with van der Waals surface area (Å²) >= 11 is 0. The third-order valence-electron chi connectivity index (χ3n) is 4.35. The summed E-state index contributed by atoms with van der Waals surface area (Å²) in [5, 5.41) is 5.28. The van der Waals surface area contributed by atoms with E-state index in [0.717, 1.165) is 12.1 Å². The maximum atomic E-state index is 14.0. The molecular weight excluding hydrogens is 545 g/mol. The monoisotopic (exact) mass is 563 g/mol. The molecule has 18 heteroatoms. The molecule has 0 aliphatic rings. The van der Waals surface area contributed by atoms with E-state index < -0.39 is 48.8 Å². The zero-order chi connectivity index (χ0) is 26.7. The fourth-order valence-corrected chi connectivity index (χ4v) is 5.11. The van der Waals surface area contributed by atoms with Crippen molar-refractivity contribution in [2.45, 2.75) is 16.7 Å². The van der Waals surface area contributed by atoms with Crippen LogP contribution in [0.2, 0.25) is 0 Å². The number of aromatic nitrogens is 3. The molecule has 0 bridgehead atoms. The number of aryl methyl sites for hydroxylation is 1. The second kappa shape index (κ2) is 10.4. The van der Waals surface area contributed by atoms with Gasteiger partial charge in [0.25, 0.3) is 10.1 Å². The lowest BCUT2D eigenvalue weighted by Crippen LogP contribution is -2.15. The highest BCUT2D eigenvalue weighted by atomic mass is 32.3. The highest BCUT2D eigenvalue weighted by molar-refractivity contribution is 7.91. The van der Waals surface area contributed by atoms with Gasteiger partial charge >= 0.3 is 16.5 Å². The van der Waals surface area contributed by atoms with Crippen molar-refractivity contribution in [3.8, 4) is 0 Å². The van der Waals surface area contributed by atoms with Crippen molar-refractivity contribution in [3.05, 3.63) is 54.1 Å². The van der Waals surface area contributed by atoms with Crippen LogP contribution in [0.5, 0.6) is 0 Å². The van der Waals surface area contributed by atoms with Crippen molar-refractivity contribution in [1.82, 2.24) is 15.0 Å². The van der Waals surface area contributed by atoms with Gasteiger partial charge in [0.15, 0.2) is 9.84 Å². The summed E-state index contributed by atoms with van der Waals surface area (Å²) in [4.78, 5) is 10.4. The Morgan fingerprint density at radius 1 is 0.889 bits per heavy atom. The summed E-state index contributed by atoms with van der Waals surface area (Å²) in [6, 6.07) is 8.97. The number of nitrogens with zero attached hydrogens (tertiary/aromatic N) is 3. The maximum absolute atomic E-state index is 14.0. The van der Waals surface area contributed by atoms with Gasteiger partial charge in [-0.2, -0.15) is 36.2 Å². The lowest BCUT2D eigenvalue weighted by Gasteiger charge is -2.11. The lowest BCUT2D eigenvalue weighted by atomic mass is 10.2. The third kappa shape index (κ3) is 7.60. The minimum Gasteiger partial charge on any atom is -0.324 e. The molecule has 36 heavy (non-hydrogen) atoms. The second-order valence-electron chi connectivity index (χ2n) is 7.05. The fourth-order valence-electron chi connectivity index (χ4n) is 2.87. The van der Waals surface area contributed by atoms with Crippen molar-refractivity contribution < 1.29 is 42.9 Å². The van der Waals surface area contributed by atoms with E-state index in [1.54, 1.807) is 0 Å². The van der Waals surface area contributed by atoms with Gasteiger partial charge in [0.2, 0.25) is 11.9 Å². The molecule has 0 saturated carbocycles.